The van der Waals surface area contributed by atoms with Gasteiger partial charge < -0.3 is 9.84 Å². The smallest absolute Gasteiger partial charge is 0.168 e. The van der Waals surface area contributed by atoms with Crippen molar-refractivity contribution in [3.05, 3.63) is 29.3 Å². The van der Waals surface area contributed by atoms with Crippen LogP contribution in [0.4, 0.5) is 0 Å². The van der Waals surface area contributed by atoms with Gasteiger partial charge in [0.1, 0.15) is 0 Å². The van der Waals surface area contributed by atoms with Gasteiger partial charge in [0.05, 0.1) is 12.7 Å². The van der Waals surface area contributed by atoms with E-state index in [-0.39, 0.29) is 17.1 Å². The molecule has 0 atom stereocenters. The maximum atomic E-state index is 10.8. The van der Waals surface area contributed by atoms with Crippen molar-refractivity contribution in [2.45, 2.75) is 0 Å². The first kappa shape index (κ1) is 11.6. The van der Waals surface area contributed by atoms with E-state index in [1.54, 1.807) is 24.3 Å². The largest absolute Gasteiger partial charge is 0.504 e. The number of halogens is 1. The maximum absolute atomic E-state index is 10.8. The molecule has 0 aliphatic heterocycles. The van der Waals surface area contributed by atoms with E-state index in [2.05, 4.69) is 0 Å². The second-order valence-corrected chi connectivity index (χ2v) is 3.10. The first-order valence-electron chi connectivity index (χ1n) is 4.32. The van der Waals surface area contributed by atoms with Crippen LogP contribution in [-0.4, -0.2) is 24.4 Å². The third kappa shape index (κ3) is 2.50. The van der Waals surface area contributed by atoms with Crippen molar-refractivity contribution in [3.8, 4) is 11.5 Å². The Morgan fingerprint density at radius 1 is 1.53 bits per heavy atom. The Kier molecular flexibility index (Phi) is 4.18. The Morgan fingerprint density at radius 2 is 2.27 bits per heavy atom. The van der Waals surface area contributed by atoms with Gasteiger partial charge in [0, 0.05) is 5.88 Å². The molecular weight excluding hydrogens is 216 g/mol. The Labute approximate surface area is 92.9 Å². The minimum atomic E-state index is -0.149. The summed E-state index contributed by atoms with van der Waals surface area (Å²) in [5.74, 6) is 0.481. The van der Waals surface area contributed by atoms with Crippen LogP contribution in [0.2, 0.25) is 0 Å². The zero-order valence-corrected chi connectivity index (χ0v) is 8.99. The normalized spacial score (nSPS) is 10.5. The number of rotatable bonds is 4. The van der Waals surface area contributed by atoms with E-state index in [4.69, 9.17) is 16.3 Å². The quantitative estimate of drug-likeness (QED) is 0.634. The van der Waals surface area contributed by atoms with Crippen molar-refractivity contribution in [3.63, 3.8) is 0 Å². The van der Waals surface area contributed by atoms with E-state index in [1.165, 1.54) is 7.11 Å². The number of aromatic hydroxyl groups is 1. The molecule has 0 amide bonds. The van der Waals surface area contributed by atoms with Gasteiger partial charge in [0.15, 0.2) is 17.8 Å². The van der Waals surface area contributed by atoms with Crippen molar-refractivity contribution >= 4 is 24.0 Å². The Balaban J connectivity index is 3.24. The third-order valence-corrected chi connectivity index (χ3v) is 2.12. The van der Waals surface area contributed by atoms with Gasteiger partial charge in [0.25, 0.3) is 0 Å². The van der Waals surface area contributed by atoms with Crippen LogP contribution in [0.3, 0.4) is 0 Å². The van der Waals surface area contributed by atoms with Crippen LogP contribution in [0.25, 0.3) is 6.08 Å². The van der Waals surface area contributed by atoms with Crippen molar-refractivity contribution < 1.29 is 14.6 Å². The van der Waals surface area contributed by atoms with Crippen LogP contribution in [0.1, 0.15) is 15.9 Å². The lowest BCUT2D eigenvalue weighted by Gasteiger charge is -2.07. The fraction of sp³-hybridized carbons (Fsp3) is 0.182. The van der Waals surface area contributed by atoms with Crippen molar-refractivity contribution in [2.24, 2.45) is 0 Å². The number of allylic oxidation sites excluding steroid dienone is 1. The average Bonchev–Trinajstić information content (AvgIpc) is 2.26. The molecular formula is C11H11ClO3. The molecule has 1 aromatic rings. The summed E-state index contributed by atoms with van der Waals surface area (Å²) in [4.78, 5) is 10.8. The van der Waals surface area contributed by atoms with Crippen molar-refractivity contribution in [1.29, 1.82) is 0 Å². The molecule has 1 N–H and O–H groups in total. The van der Waals surface area contributed by atoms with Gasteiger partial charge >= 0.3 is 0 Å². The average molecular weight is 227 g/mol. The highest BCUT2D eigenvalue weighted by Crippen LogP contribution is 2.31. The van der Waals surface area contributed by atoms with Gasteiger partial charge in [-0.1, -0.05) is 18.2 Å². The standard InChI is InChI=1S/C11H11ClO3/c1-15-10-5-4-8(3-2-6-12)9(7-13)11(10)14/h2-5,7,14H,6H2,1H3. The number of alkyl halides is 1. The van der Waals surface area contributed by atoms with Crippen molar-refractivity contribution in [1.82, 2.24) is 0 Å². The second kappa shape index (κ2) is 5.41. The van der Waals surface area contributed by atoms with Gasteiger partial charge in [-0.15, -0.1) is 11.6 Å². The molecule has 0 radical (unpaired) electrons. The van der Waals surface area contributed by atoms with Crippen molar-refractivity contribution in [2.75, 3.05) is 13.0 Å². The minimum absolute atomic E-state index is 0.149. The Bertz CT molecular complexity index is 386. The summed E-state index contributed by atoms with van der Waals surface area (Å²) in [6, 6.07) is 3.28. The summed E-state index contributed by atoms with van der Waals surface area (Å²) in [7, 11) is 1.43. The van der Waals surface area contributed by atoms with Gasteiger partial charge in [0.2, 0.25) is 0 Å². The zero-order chi connectivity index (χ0) is 11.3. The molecule has 0 fully saturated rings. The molecule has 80 valence electrons. The number of methoxy groups -OCH3 is 1. The maximum Gasteiger partial charge on any atom is 0.168 e. The molecule has 0 aromatic heterocycles. The predicted octanol–water partition coefficient (Wildman–Crippen LogP) is 2.47. The van der Waals surface area contributed by atoms with E-state index in [1.807, 2.05) is 0 Å². The summed E-state index contributed by atoms with van der Waals surface area (Å²) in [6.07, 6.45) is 3.96. The molecule has 0 unspecified atom stereocenters. The fourth-order valence-corrected chi connectivity index (χ4v) is 1.30. The predicted molar refractivity (Wildman–Crippen MR) is 59.8 cm³/mol. The number of hydrogen-bond donors (Lipinski definition) is 1. The lowest BCUT2D eigenvalue weighted by molar-refractivity contribution is 0.112. The van der Waals surface area contributed by atoms with Gasteiger partial charge in [-0.2, -0.15) is 0 Å². The molecule has 3 nitrogen and oxygen atoms in total. The molecule has 0 saturated carbocycles. The summed E-state index contributed by atoms with van der Waals surface area (Å²) in [5.41, 5.74) is 0.819. The molecule has 1 aromatic carbocycles. The van der Waals surface area contributed by atoms with Gasteiger partial charge in [-0.25, -0.2) is 0 Å². The highest BCUT2D eigenvalue weighted by molar-refractivity contribution is 6.19. The van der Waals surface area contributed by atoms with Crippen LogP contribution >= 0.6 is 11.6 Å². The highest BCUT2D eigenvalue weighted by atomic mass is 35.5. The molecule has 0 aliphatic carbocycles. The summed E-state index contributed by atoms with van der Waals surface area (Å²) >= 11 is 5.48. The second-order valence-electron chi connectivity index (χ2n) is 2.79. The van der Waals surface area contributed by atoms with Crippen LogP contribution in [-0.2, 0) is 0 Å². The summed E-state index contributed by atoms with van der Waals surface area (Å²) in [6.45, 7) is 0. The molecule has 1 rings (SSSR count). The van der Waals surface area contributed by atoms with Crippen LogP contribution in [0, 0.1) is 0 Å². The molecule has 0 aliphatic rings. The van der Waals surface area contributed by atoms with Crippen LogP contribution in [0.15, 0.2) is 18.2 Å². The van der Waals surface area contributed by atoms with Crippen LogP contribution < -0.4 is 4.74 Å². The van der Waals surface area contributed by atoms with E-state index in [9.17, 15) is 9.90 Å². The molecule has 0 saturated heterocycles. The number of hydrogen-bond acceptors (Lipinski definition) is 3. The fourth-order valence-electron chi connectivity index (χ4n) is 1.21. The monoisotopic (exact) mass is 226 g/mol. The SMILES string of the molecule is COc1ccc(C=CCCl)c(C=O)c1O. The van der Waals surface area contributed by atoms with Gasteiger partial charge in [-0.3, -0.25) is 4.79 Å². The number of carbonyl (C=O) groups is 1. The number of carbonyl (C=O) groups excluding carboxylic acids is 1. The number of benzene rings is 1. The highest BCUT2D eigenvalue weighted by Gasteiger charge is 2.10. The topological polar surface area (TPSA) is 46.5 Å². The number of phenols is 1. The Hall–Kier alpha value is -1.48. The van der Waals surface area contributed by atoms with E-state index in [0.717, 1.165) is 0 Å². The molecule has 0 bridgehead atoms. The lowest BCUT2D eigenvalue weighted by Crippen LogP contribution is -1.91. The van der Waals surface area contributed by atoms with Crippen LogP contribution in [0.5, 0.6) is 11.5 Å². The lowest BCUT2D eigenvalue weighted by atomic mass is 10.1. The molecule has 4 heteroatoms. The molecule has 0 spiro atoms. The minimum Gasteiger partial charge on any atom is -0.504 e. The van der Waals surface area contributed by atoms with E-state index in [0.29, 0.717) is 17.7 Å². The van der Waals surface area contributed by atoms with E-state index < -0.39 is 0 Å². The summed E-state index contributed by atoms with van der Waals surface area (Å²) in [5, 5.41) is 9.65. The number of ether oxygens (including phenoxy) is 1. The molecule has 15 heavy (non-hydrogen) atoms. The van der Waals surface area contributed by atoms with Gasteiger partial charge in [-0.05, 0) is 11.6 Å². The zero-order valence-electron chi connectivity index (χ0n) is 8.24. The third-order valence-electron chi connectivity index (χ3n) is 1.94. The van der Waals surface area contributed by atoms with E-state index >= 15 is 0 Å². The Morgan fingerprint density at radius 3 is 2.80 bits per heavy atom. The first-order valence-corrected chi connectivity index (χ1v) is 4.85. The first-order chi connectivity index (χ1) is 7.24. The number of aldehydes is 1. The number of phenolic OH excluding ortho intramolecular Hbond substituents is 1. The molecule has 0 heterocycles. The summed E-state index contributed by atoms with van der Waals surface area (Å²) < 4.78 is 4.89.